The highest BCUT2D eigenvalue weighted by molar-refractivity contribution is 5.95. The number of carbonyl (C=O) groups excluding carboxylic acids is 1. The van der Waals surface area contributed by atoms with Crippen LogP contribution < -0.4 is 5.73 Å². The number of carbonyl (C=O) groups is 1. The fourth-order valence-corrected chi connectivity index (χ4v) is 3.17. The van der Waals surface area contributed by atoms with Crippen molar-refractivity contribution in [3.05, 3.63) is 47.3 Å². The van der Waals surface area contributed by atoms with Gasteiger partial charge in [0.05, 0.1) is 23.1 Å². The first-order valence-corrected chi connectivity index (χ1v) is 8.04. The number of benzene rings is 1. The summed E-state index contributed by atoms with van der Waals surface area (Å²) in [6.07, 6.45) is 2.64. The number of aryl methyl sites for hydroxylation is 1. The van der Waals surface area contributed by atoms with Gasteiger partial charge in [0, 0.05) is 13.1 Å². The maximum Gasteiger partial charge on any atom is 0.257 e. The third-order valence-electron chi connectivity index (χ3n) is 4.82. The zero-order chi connectivity index (χ0) is 16.6. The third kappa shape index (κ3) is 3.32. The molecule has 0 radical (unpaired) electrons. The molecule has 1 aromatic heterocycles. The second-order valence-electron chi connectivity index (χ2n) is 6.89. The molecule has 5 nitrogen and oxygen atoms in total. The molecule has 1 saturated heterocycles. The van der Waals surface area contributed by atoms with Crippen molar-refractivity contribution in [3.8, 4) is 5.69 Å². The topological polar surface area (TPSA) is 64.2 Å². The number of likely N-dealkylation sites (tertiary alicyclic amines) is 1. The van der Waals surface area contributed by atoms with Crippen LogP contribution in [0.25, 0.3) is 5.69 Å². The second kappa shape index (κ2) is 6.95. The quantitative estimate of drug-likeness (QED) is 0.927. The van der Waals surface area contributed by atoms with Crippen molar-refractivity contribution in [1.29, 1.82) is 0 Å². The fourth-order valence-electron chi connectivity index (χ4n) is 3.17. The van der Waals surface area contributed by atoms with Crippen LogP contribution in [0.3, 0.4) is 0 Å². The number of hydrogen-bond donors (Lipinski definition) is 1. The summed E-state index contributed by atoms with van der Waals surface area (Å²) in [5.74, 6) is 0.0542. The predicted octanol–water partition coefficient (Wildman–Crippen LogP) is 2.72. The molecule has 24 heavy (non-hydrogen) atoms. The summed E-state index contributed by atoms with van der Waals surface area (Å²) in [7, 11) is 0. The largest absolute Gasteiger partial charge is 0.338 e. The second-order valence-corrected chi connectivity index (χ2v) is 6.89. The Labute approximate surface area is 149 Å². The highest BCUT2D eigenvalue weighted by Gasteiger charge is 2.36. The van der Waals surface area contributed by atoms with Crippen molar-refractivity contribution in [2.75, 3.05) is 19.6 Å². The first kappa shape index (κ1) is 18.5. The summed E-state index contributed by atoms with van der Waals surface area (Å²) in [4.78, 5) is 14.7. The summed E-state index contributed by atoms with van der Waals surface area (Å²) in [6, 6.07) is 8.12. The van der Waals surface area contributed by atoms with E-state index in [1.54, 1.807) is 6.20 Å². The van der Waals surface area contributed by atoms with Crippen molar-refractivity contribution in [2.24, 2.45) is 11.1 Å². The van der Waals surface area contributed by atoms with Gasteiger partial charge < -0.3 is 10.6 Å². The van der Waals surface area contributed by atoms with E-state index < -0.39 is 0 Å². The van der Waals surface area contributed by atoms with Crippen LogP contribution in [0.2, 0.25) is 0 Å². The molecular weight excluding hydrogens is 324 g/mol. The van der Waals surface area contributed by atoms with Crippen LogP contribution >= 0.6 is 12.4 Å². The number of amides is 1. The molecule has 0 aliphatic carbocycles. The van der Waals surface area contributed by atoms with Gasteiger partial charge in [0.25, 0.3) is 5.91 Å². The highest BCUT2D eigenvalue weighted by atomic mass is 35.5. The minimum absolute atomic E-state index is 0. The molecule has 2 heterocycles. The Balaban J connectivity index is 0.00000208. The van der Waals surface area contributed by atoms with E-state index in [4.69, 9.17) is 5.73 Å². The van der Waals surface area contributed by atoms with E-state index in [1.807, 2.05) is 41.6 Å². The Bertz CT molecular complexity index is 742. The Morgan fingerprint density at radius 1 is 1.38 bits per heavy atom. The van der Waals surface area contributed by atoms with Crippen molar-refractivity contribution in [1.82, 2.24) is 14.7 Å². The van der Waals surface area contributed by atoms with Gasteiger partial charge in [-0.2, -0.15) is 5.10 Å². The molecule has 1 aliphatic rings. The first-order valence-electron chi connectivity index (χ1n) is 8.04. The maximum absolute atomic E-state index is 12.8. The summed E-state index contributed by atoms with van der Waals surface area (Å²) in [5.41, 5.74) is 9.58. The average molecular weight is 349 g/mol. The molecule has 1 aliphatic heterocycles. The van der Waals surface area contributed by atoms with Crippen molar-refractivity contribution in [2.45, 2.75) is 27.2 Å². The molecule has 1 fully saturated rings. The monoisotopic (exact) mass is 348 g/mol. The standard InChI is InChI=1S/C18H24N4O.ClH/c1-13-5-4-6-15(9-13)22-14(2)16(10-20-22)17(23)21-8-7-18(3,11-19)12-21;/h4-6,9-10H,7-8,11-12,19H2,1-3H3;1H. The highest BCUT2D eigenvalue weighted by Crippen LogP contribution is 2.30. The number of halogens is 1. The normalized spacial score (nSPS) is 20.1. The molecule has 0 saturated carbocycles. The maximum atomic E-state index is 12.8. The van der Waals surface area contributed by atoms with Crippen LogP contribution in [0, 0.1) is 19.3 Å². The first-order chi connectivity index (χ1) is 10.9. The van der Waals surface area contributed by atoms with Gasteiger partial charge in [0.2, 0.25) is 0 Å². The SMILES string of the molecule is Cc1cccc(-n2ncc(C(=O)N3CCC(C)(CN)C3)c2C)c1.Cl. The van der Waals surface area contributed by atoms with Crippen LogP contribution in [0.4, 0.5) is 0 Å². The van der Waals surface area contributed by atoms with Crippen LogP contribution in [0.5, 0.6) is 0 Å². The lowest BCUT2D eigenvalue weighted by molar-refractivity contribution is 0.0776. The van der Waals surface area contributed by atoms with Crippen LogP contribution in [-0.2, 0) is 0 Å². The lowest BCUT2D eigenvalue weighted by Gasteiger charge is -2.22. The summed E-state index contributed by atoms with van der Waals surface area (Å²) in [5, 5.41) is 4.42. The van der Waals surface area contributed by atoms with E-state index in [-0.39, 0.29) is 23.7 Å². The molecule has 6 heteroatoms. The Morgan fingerprint density at radius 2 is 2.12 bits per heavy atom. The molecule has 0 spiro atoms. The fraction of sp³-hybridized carbons (Fsp3) is 0.444. The summed E-state index contributed by atoms with van der Waals surface area (Å²) >= 11 is 0. The zero-order valence-corrected chi connectivity index (χ0v) is 15.3. The smallest absolute Gasteiger partial charge is 0.257 e. The number of aromatic nitrogens is 2. The van der Waals surface area contributed by atoms with E-state index in [0.29, 0.717) is 12.1 Å². The third-order valence-corrected chi connectivity index (χ3v) is 4.82. The molecule has 130 valence electrons. The van der Waals surface area contributed by atoms with Crippen molar-refractivity contribution in [3.63, 3.8) is 0 Å². The van der Waals surface area contributed by atoms with Gasteiger partial charge in [-0.1, -0.05) is 19.1 Å². The number of nitrogens with two attached hydrogens (primary N) is 1. The van der Waals surface area contributed by atoms with E-state index in [1.165, 1.54) is 5.56 Å². The van der Waals surface area contributed by atoms with Crippen LogP contribution in [0.15, 0.2) is 30.5 Å². The molecule has 1 unspecified atom stereocenters. The van der Waals surface area contributed by atoms with Crippen molar-refractivity contribution >= 4 is 18.3 Å². The minimum atomic E-state index is 0. The van der Waals surface area contributed by atoms with Crippen LogP contribution in [-0.4, -0.2) is 40.2 Å². The Kier molecular flexibility index (Phi) is 5.35. The van der Waals surface area contributed by atoms with E-state index in [2.05, 4.69) is 18.1 Å². The van der Waals surface area contributed by atoms with Gasteiger partial charge in [0.15, 0.2) is 0 Å². The molecule has 2 N–H and O–H groups in total. The summed E-state index contributed by atoms with van der Waals surface area (Å²) in [6.45, 7) is 8.23. The number of rotatable bonds is 3. The molecule has 2 aromatic rings. The van der Waals surface area contributed by atoms with E-state index in [9.17, 15) is 4.79 Å². The van der Waals surface area contributed by atoms with E-state index >= 15 is 0 Å². The Hall–Kier alpha value is -1.85. The van der Waals surface area contributed by atoms with Crippen molar-refractivity contribution < 1.29 is 4.79 Å². The number of hydrogen-bond acceptors (Lipinski definition) is 3. The zero-order valence-electron chi connectivity index (χ0n) is 14.5. The molecular formula is C18H25ClN4O. The summed E-state index contributed by atoms with van der Waals surface area (Å²) < 4.78 is 1.83. The minimum Gasteiger partial charge on any atom is -0.338 e. The van der Waals surface area contributed by atoms with Gasteiger partial charge in [-0.15, -0.1) is 12.4 Å². The average Bonchev–Trinajstić information content (AvgIpc) is 3.11. The molecule has 3 rings (SSSR count). The van der Waals surface area contributed by atoms with Gasteiger partial charge in [0.1, 0.15) is 0 Å². The molecule has 1 atom stereocenters. The predicted molar refractivity (Wildman–Crippen MR) is 98.0 cm³/mol. The van der Waals surface area contributed by atoms with Crippen LogP contribution in [0.1, 0.15) is 35.0 Å². The molecule has 1 aromatic carbocycles. The Morgan fingerprint density at radius 3 is 2.75 bits per heavy atom. The van der Waals surface area contributed by atoms with Gasteiger partial charge in [-0.3, -0.25) is 4.79 Å². The number of nitrogens with zero attached hydrogens (tertiary/aromatic N) is 3. The lowest BCUT2D eigenvalue weighted by atomic mass is 9.90. The molecule has 0 bridgehead atoms. The molecule has 1 amide bonds. The van der Waals surface area contributed by atoms with Gasteiger partial charge >= 0.3 is 0 Å². The lowest BCUT2D eigenvalue weighted by Crippen LogP contribution is -2.34. The van der Waals surface area contributed by atoms with Gasteiger partial charge in [-0.05, 0) is 49.9 Å². The van der Waals surface area contributed by atoms with Gasteiger partial charge in [-0.25, -0.2) is 4.68 Å². The van der Waals surface area contributed by atoms with E-state index in [0.717, 1.165) is 30.9 Å².